The molecule has 17 heavy (non-hydrogen) atoms. The minimum Gasteiger partial charge on any atom is -0.310 e. The Kier molecular flexibility index (Phi) is 3.74. The van der Waals surface area contributed by atoms with Crippen LogP contribution in [0.2, 0.25) is 0 Å². The number of benzene rings is 1. The van der Waals surface area contributed by atoms with Gasteiger partial charge in [-0.15, -0.1) is 0 Å². The van der Waals surface area contributed by atoms with Crippen molar-refractivity contribution < 1.29 is 4.92 Å². The second kappa shape index (κ2) is 5.27. The van der Waals surface area contributed by atoms with Gasteiger partial charge in [0.2, 0.25) is 0 Å². The van der Waals surface area contributed by atoms with E-state index in [4.69, 9.17) is 0 Å². The SMILES string of the molecule is CC(NCCC1CC1)c1ccc([N+](=O)[O-])cc1. The Hall–Kier alpha value is -1.42. The van der Waals surface area contributed by atoms with Crippen LogP contribution in [0, 0.1) is 16.0 Å². The normalized spacial score (nSPS) is 16.8. The predicted octanol–water partition coefficient (Wildman–Crippen LogP) is 3.05. The summed E-state index contributed by atoms with van der Waals surface area (Å²) in [7, 11) is 0. The fraction of sp³-hybridized carbons (Fsp3) is 0.538. The van der Waals surface area contributed by atoms with E-state index in [1.807, 2.05) is 12.1 Å². The highest BCUT2D eigenvalue weighted by molar-refractivity contribution is 5.33. The summed E-state index contributed by atoms with van der Waals surface area (Å²) in [4.78, 5) is 10.2. The molecule has 0 saturated heterocycles. The number of nitrogens with zero attached hydrogens (tertiary/aromatic N) is 1. The van der Waals surface area contributed by atoms with E-state index >= 15 is 0 Å². The van der Waals surface area contributed by atoms with Gasteiger partial charge in [0, 0.05) is 18.2 Å². The van der Waals surface area contributed by atoms with Crippen LogP contribution in [0.4, 0.5) is 5.69 Å². The number of nitrogens with one attached hydrogen (secondary N) is 1. The molecular weight excluding hydrogens is 216 g/mol. The Morgan fingerprint density at radius 1 is 1.41 bits per heavy atom. The lowest BCUT2D eigenvalue weighted by molar-refractivity contribution is -0.384. The van der Waals surface area contributed by atoms with Crippen LogP contribution < -0.4 is 5.32 Å². The first-order valence-corrected chi connectivity index (χ1v) is 6.14. The van der Waals surface area contributed by atoms with E-state index in [1.54, 1.807) is 12.1 Å². The lowest BCUT2D eigenvalue weighted by Gasteiger charge is -2.13. The van der Waals surface area contributed by atoms with E-state index in [-0.39, 0.29) is 16.7 Å². The largest absolute Gasteiger partial charge is 0.310 e. The maximum atomic E-state index is 10.5. The summed E-state index contributed by atoms with van der Waals surface area (Å²) in [6, 6.07) is 7.04. The van der Waals surface area contributed by atoms with Crippen molar-refractivity contribution in [3.8, 4) is 0 Å². The van der Waals surface area contributed by atoms with E-state index in [0.717, 1.165) is 18.0 Å². The summed E-state index contributed by atoms with van der Waals surface area (Å²) in [6.45, 7) is 3.12. The van der Waals surface area contributed by atoms with Crippen molar-refractivity contribution in [1.29, 1.82) is 0 Å². The molecule has 1 N–H and O–H groups in total. The van der Waals surface area contributed by atoms with Crippen molar-refractivity contribution in [1.82, 2.24) is 5.32 Å². The van der Waals surface area contributed by atoms with Gasteiger partial charge in [0.1, 0.15) is 0 Å². The zero-order chi connectivity index (χ0) is 12.3. The van der Waals surface area contributed by atoms with Crippen molar-refractivity contribution in [2.75, 3.05) is 6.54 Å². The van der Waals surface area contributed by atoms with Gasteiger partial charge in [0.05, 0.1) is 4.92 Å². The maximum absolute atomic E-state index is 10.5. The van der Waals surface area contributed by atoms with E-state index < -0.39 is 0 Å². The van der Waals surface area contributed by atoms with Crippen molar-refractivity contribution in [2.45, 2.75) is 32.2 Å². The van der Waals surface area contributed by atoms with Gasteiger partial charge in [-0.25, -0.2) is 0 Å². The second-order valence-corrected chi connectivity index (χ2v) is 4.76. The Morgan fingerprint density at radius 3 is 2.59 bits per heavy atom. The van der Waals surface area contributed by atoms with Crippen LogP contribution in [0.1, 0.15) is 37.8 Å². The molecule has 0 bridgehead atoms. The summed E-state index contributed by atoms with van der Waals surface area (Å²) in [5, 5.41) is 14.0. The summed E-state index contributed by atoms with van der Waals surface area (Å²) in [6.07, 6.45) is 4.01. The molecule has 0 heterocycles. The topological polar surface area (TPSA) is 55.2 Å². The maximum Gasteiger partial charge on any atom is 0.269 e. The Balaban J connectivity index is 1.84. The van der Waals surface area contributed by atoms with Crippen LogP contribution in [0.3, 0.4) is 0 Å². The van der Waals surface area contributed by atoms with E-state index in [1.165, 1.54) is 19.3 Å². The van der Waals surface area contributed by atoms with E-state index in [9.17, 15) is 10.1 Å². The van der Waals surface area contributed by atoms with Gasteiger partial charge in [-0.1, -0.05) is 25.0 Å². The number of hydrogen-bond acceptors (Lipinski definition) is 3. The lowest BCUT2D eigenvalue weighted by atomic mass is 10.1. The highest BCUT2D eigenvalue weighted by Gasteiger charge is 2.20. The summed E-state index contributed by atoms with van der Waals surface area (Å²) in [5.74, 6) is 0.937. The van der Waals surface area contributed by atoms with Crippen LogP contribution in [0.15, 0.2) is 24.3 Å². The molecule has 1 aromatic rings. The van der Waals surface area contributed by atoms with Gasteiger partial charge in [-0.05, 0) is 31.4 Å². The third kappa shape index (κ3) is 3.53. The molecule has 92 valence electrons. The predicted molar refractivity (Wildman–Crippen MR) is 66.9 cm³/mol. The number of hydrogen-bond donors (Lipinski definition) is 1. The first-order valence-electron chi connectivity index (χ1n) is 6.14. The zero-order valence-corrected chi connectivity index (χ0v) is 10.1. The zero-order valence-electron chi connectivity index (χ0n) is 10.1. The molecule has 0 aliphatic heterocycles. The molecule has 0 spiro atoms. The van der Waals surface area contributed by atoms with Gasteiger partial charge in [0.15, 0.2) is 0 Å². The van der Waals surface area contributed by atoms with Crippen molar-refractivity contribution >= 4 is 5.69 Å². The highest BCUT2D eigenvalue weighted by Crippen LogP contribution is 2.32. The average molecular weight is 234 g/mol. The van der Waals surface area contributed by atoms with Crippen LogP contribution in [-0.2, 0) is 0 Å². The molecule has 1 aliphatic rings. The molecule has 1 unspecified atom stereocenters. The molecule has 0 radical (unpaired) electrons. The van der Waals surface area contributed by atoms with Gasteiger partial charge in [-0.3, -0.25) is 10.1 Å². The fourth-order valence-corrected chi connectivity index (χ4v) is 1.91. The molecule has 4 heteroatoms. The van der Waals surface area contributed by atoms with Crippen LogP contribution >= 0.6 is 0 Å². The van der Waals surface area contributed by atoms with Gasteiger partial charge >= 0.3 is 0 Å². The Morgan fingerprint density at radius 2 is 2.06 bits per heavy atom. The number of nitro benzene ring substituents is 1. The number of non-ortho nitro benzene ring substituents is 1. The quantitative estimate of drug-likeness (QED) is 0.608. The first kappa shape index (κ1) is 12.0. The summed E-state index contributed by atoms with van der Waals surface area (Å²) in [5.41, 5.74) is 1.25. The van der Waals surface area contributed by atoms with Crippen molar-refractivity contribution in [2.24, 2.45) is 5.92 Å². The smallest absolute Gasteiger partial charge is 0.269 e. The number of rotatable bonds is 6. The second-order valence-electron chi connectivity index (χ2n) is 4.76. The highest BCUT2D eigenvalue weighted by atomic mass is 16.6. The molecule has 1 atom stereocenters. The van der Waals surface area contributed by atoms with Crippen LogP contribution in [0.25, 0.3) is 0 Å². The number of nitro groups is 1. The van der Waals surface area contributed by atoms with E-state index in [2.05, 4.69) is 12.2 Å². The van der Waals surface area contributed by atoms with Crippen LogP contribution in [0.5, 0.6) is 0 Å². The standard InChI is InChI=1S/C13H18N2O2/c1-10(14-9-8-11-2-3-11)12-4-6-13(7-5-12)15(16)17/h4-7,10-11,14H,2-3,8-9H2,1H3. The monoisotopic (exact) mass is 234 g/mol. The molecule has 1 aliphatic carbocycles. The molecule has 1 saturated carbocycles. The third-order valence-electron chi connectivity index (χ3n) is 3.30. The molecule has 4 nitrogen and oxygen atoms in total. The van der Waals surface area contributed by atoms with E-state index in [0.29, 0.717) is 0 Å². The molecule has 0 aromatic heterocycles. The summed E-state index contributed by atoms with van der Waals surface area (Å²) < 4.78 is 0. The molecular formula is C13H18N2O2. The van der Waals surface area contributed by atoms with Crippen molar-refractivity contribution in [3.63, 3.8) is 0 Å². The Labute approximate surface area is 101 Å². The van der Waals surface area contributed by atoms with Gasteiger partial charge in [-0.2, -0.15) is 0 Å². The lowest BCUT2D eigenvalue weighted by Crippen LogP contribution is -2.20. The molecule has 0 amide bonds. The first-order chi connectivity index (χ1) is 8.16. The minimum atomic E-state index is -0.366. The van der Waals surface area contributed by atoms with Crippen molar-refractivity contribution in [3.05, 3.63) is 39.9 Å². The van der Waals surface area contributed by atoms with Gasteiger partial charge < -0.3 is 5.32 Å². The Bertz CT molecular complexity index is 385. The van der Waals surface area contributed by atoms with Gasteiger partial charge in [0.25, 0.3) is 5.69 Å². The molecule has 1 aromatic carbocycles. The average Bonchev–Trinajstić information content (AvgIpc) is 3.13. The third-order valence-corrected chi connectivity index (χ3v) is 3.30. The van der Waals surface area contributed by atoms with Crippen LogP contribution in [-0.4, -0.2) is 11.5 Å². The summed E-state index contributed by atoms with van der Waals surface area (Å²) >= 11 is 0. The minimum absolute atomic E-state index is 0.152. The molecule has 2 rings (SSSR count). The molecule has 1 fully saturated rings. The fourth-order valence-electron chi connectivity index (χ4n) is 1.91.